The van der Waals surface area contributed by atoms with Crippen LogP contribution in [0.15, 0.2) is 42.6 Å². The number of rotatable bonds is 6. The molecule has 26 heavy (non-hydrogen) atoms. The highest BCUT2D eigenvalue weighted by atomic mass is 32.1. The molecule has 0 saturated carbocycles. The van der Waals surface area contributed by atoms with Crippen molar-refractivity contribution in [3.05, 3.63) is 54.0 Å². The zero-order valence-electron chi connectivity index (χ0n) is 14.3. The van der Waals surface area contributed by atoms with Gasteiger partial charge in [-0.05, 0) is 42.3 Å². The third kappa shape index (κ3) is 4.40. The summed E-state index contributed by atoms with van der Waals surface area (Å²) in [6.45, 7) is 4.49. The van der Waals surface area contributed by atoms with Gasteiger partial charge < -0.3 is 4.74 Å². The minimum atomic E-state index is -0.376. The lowest BCUT2D eigenvalue weighted by Crippen LogP contribution is -2.15. The molecule has 0 bridgehead atoms. The van der Waals surface area contributed by atoms with Crippen LogP contribution in [0.1, 0.15) is 24.2 Å². The Morgan fingerprint density at radius 3 is 2.77 bits per heavy atom. The predicted molar refractivity (Wildman–Crippen MR) is 97.8 cm³/mol. The Hall–Kier alpha value is -2.87. The molecule has 0 unspecified atom stereocenters. The molecule has 3 rings (SSSR count). The molecule has 1 N–H and O–H groups in total. The number of carbonyl (C=O) groups excluding carboxylic acids is 1. The van der Waals surface area contributed by atoms with Crippen LogP contribution in [0.25, 0.3) is 11.4 Å². The maximum atomic E-state index is 13.0. The fourth-order valence-corrected chi connectivity index (χ4v) is 2.66. The Morgan fingerprint density at radius 2 is 2.04 bits per heavy atom. The first kappa shape index (κ1) is 17.9. The number of nitrogens with one attached hydrogen (secondary N) is 1. The van der Waals surface area contributed by atoms with Crippen molar-refractivity contribution in [1.82, 2.24) is 14.3 Å². The first-order valence-electron chi connectivity index (χ1n) is 8.01. The van der Waals surface area contributed by atoms with Gasteiger partial charge in [0, 0.05) is 23.3 Å². The molecule has 3 aromatic rings. The molecule has 8 heteroatoms. The van der Waals surface area contributed by atoms with Gasteiger partial charge in [0.2, 0.25) is 11.0 Å². The average molecular weight is 372 g/mol. The second-order valence-electron chi connectivity index (χ2n) is 5.95. The van der Waals surface area contributed by atoms with Gasteiger partial charge >= 0.3 is 0 Å². The minimum Gasteiger partial charge on any atom is -0.477 e. The molecule has 2 aromatic heterocycles. The van der Waals surface area contributed by atoms with Crippen molar-refractivity contribution in [3.8, 4) is 17.3 Å². The molecule has 0 aliphatic rings. The van der Waals surface area contributed by atoms with E-state index in [0.717, 1.165) is 11.5 Å². The van der Waals surface area contributed by atoms with E-state index in [2.05, 4.69) is 19.7 Å². The molecule has 134 valence electrons. The number of halogens is 1. The van der Waals surface area contributed by atoms with E-state index in [1.54, 1.807) is 30.5 Å². The molecule has 0 aliphatic heterocycles. The lowest BCUT2D eigenvalue weighted by atomic mass is 10.2. The highest BCUT2D eigenvalue weighted by Crippen LogP contribution is 2.23. The third-order valence-electron chi connectivity index (χ3n) is 3.32. The number of hydrogen-bond acceptors (Lipinski definition) is 6. The molecule has 0 atom stereocenters. The molecule has 1 amide bonds. The van der Waals surface area contributed by atoms with E-state index in [-0.39, 0.29) is 17.6 Å². The predicted octanol–water partition coefficient (Wildman–Crippen LogP) is 4.03. The first-order chi connectivity index (χ1) is 12.5. The number of benzene rings is 1. The standard InChI is InChI=1S/C18H17FN4O2S/c1-11(2)10-25-17-14(4-3-9-20-17)16(24)22-18-21-15(23-26-18)12-5-7-13(19)8-6-12/h3-9,11H,10H2,1-2H3,(H,21,22,23,24). The molecule has 0 fully saturated rings. The first-order valence-corrected chi connectivity index (χ1v) is 8.79. The van der Waals surface area contributed by atoms with Crippen molar-refractivity contribution in [1.29, 1.82) is 0 Å². The summed E-state index contributed by atoms with van der Waals surface area (Å²) in [6, 6.07) is 9.15. The lowest BCUT2D eigenvalue weighted by Gasteiger charge is -2.11. The van der Waals surface area contributed by atoms with Crippen molar-refractivity contribution < 1.29 is 13.9 Å². The van der Waals surface area contributed by atoms with Crippen LogP contribution in [0.4, 0.5) is 9.52 Å². The molecule has 0 spiro atoms. The van der Waals surface area contributed by atoms with Crippen molar-refractivity contribution in [2.24, 2.45) is 5.92 Å². The molecule has 0 aliphatic carbocycles. The molecule has 2 heterocycles. The Labute approximate surface area is 154 Å². The summed E-state index contributed by atoms with van der Waals surface area (Å²) in [7, 11) is 0. The van der Waals surface area contributed by atoms with Crippen molar-refractivity contribution in [3.63, 3.8) is 0 Å². The molecular formula is C18H17FN4O2S. The number of amides is 1. The second-order valence-corrected chi connectivity index (χ2v) is 6.70. The highest BCUT2D eigenvalue weighted by molar-refractivity contribution is 7.10. The number of pyridine rings is 1. The van der Waals surface area contributed by atoms with E-state index >= 15 is 0 Å². The zero-order chi connectivity index (χ0) is 18.5. The van der Waals surface area contributed by atoms with E-state index in [0.29, 0.717) is 34.6 Å². The lowest BCUT2D eigenvalue weighted by molar-refractivity contribution is 0.102. The minimum absolute atomic E-state index is 0.280. The topological polar surface area (TPSA) is 77.0 Å². The van der Waals surface area contributed by atoms with E-state index in [4.69, 9.17) is 4.74 Å². The summed E-state index contributed by atoms with van der Waals surface area (Å²) in [4.78, 5) is 20.9. The van der Waals surface area contributed by atoms with Gasteiger partial charge in [-0.2, -0.15) is 9.36 Å². The Kier molecular flexibility index (Phi) is 5.52. The van der Waals surface area contributed by atoms with Gasteiger partial charge in [0.25, 0.3) is 5.91 Å². The number of hydrogen-bond donors (Lipinski definition) is 1. The maximum absolute atomic E-state index is 13.0. The van der Waals surface area contributed by atoms with Gasteiger partial charge in [-0.15, -0.1) is 0 Å². The molecule has 6 nitrogen and oxygen atoms in total. The fourth-order valence-electron chi connectivity index (χ4n) is 2.08. The smallest absolute Gasteiger partial charge is 0.262 e. The Morgan fingerprint density at radius 1 is 1.27 bits per heavy atom. The number of ether oxygens (including phenoxy) is 1. The van der Waals surface area contributed by atoms with Crippen molar-refractivity contribution in [2.45, 2.75) is 13.8 Å². The van der Waals surface area contributed by atoms with Gasteiger partial charge in [-0.3, -0.25) is 10.1 Å². The highest BCUT2D eigenvalue weighted by Gasteiger charge is 2.16. The van der Waals surface area contributed by atoms with Gasteiger partial charge in [0.15, 0.2) is 5.82 Å². The summed E-state index contributed by atoms with van der Waals surface area (Å²) >= 11 is 1.05. The SMILES string of the molecule is CC(C)COc1ncccc1C(=O)Nc1nc(-c2ccc(F)cc2)ns1. The number of carbonyl (C=O) groups is 1. The summed E-state index contributed by atoms with van der Waals surface area (Å²) in [6.07, 6.45) is 1.57. The van der Waals surface area contributed by atoms with Crippen LogP contribution in [0.5, 0.6) is 5.88 Å². The van der Waals surface area contributed by atoms with Gasteiger partial charge in [0.05, 0.1) is 6.61 Å². The number of nitrogens with zero attached hydrogens (tertiary/aromatic N) is 3. The molecule has 0 radical (unpaired) electrons. The summed E-state index contributed by atoms with van der Waals surface area (Å²) in [5.74, 6) is 0.311. The number of anilines is 1. The number of aromatic nitrogens is 3. The second kappa shape index (κ2) is 8.01. The summed E-state index contributed by atoms with van der Waals surface area (Å²) in [5, 5.41) is 3.04. The van der Waals surface area contributed by atoms with Crippen LogP contribution >= 0.6 is 11.5 Å². The molecular weight excluding hydrogens is 355 g/mol. The largest absolute Gasteiger partial charge is 0.477 e. The van der Waals surface area contributed by atoms with Crippen LogP contribution in [0.2, 0.25) is 0 Å². The zero-order valence-corrected chi connectivity index (χ0v) is 15.1. The van der Waals surface area contributed by atoms with Crippen LogP contribution in [0.3, 0.4) is 0 Å². The maximum Gasteiger partial charge on any atom is 0.262 e. The van der Waals surface area contributed by atoms with Gasteiger partial charge in [-0.25, -0.2) is 9.37 Å². The van der Waals surface area contributed by atoms with Crippen molar-refractivity contribution >= 4 is 22.6 Å². The van der Waals surface area contributed by atoms with E-state index in [1.165, 1.54) is 12.1 Å². The van der Waals surface area contributed by atoms with E-state index in [1.807, 2.05) is 13.8 Å². The quantitative estimate of drug-likeness (QED) is 0.707. The van der Waals surface area contributed by atoms with E-state index < -0.39 is 0 Å². The Bertz CT molecular complexity index is 896. The van der Waals surface area contributed by atoms with Gasteiger partial charge in [-0.1, -0.05) is 13.8 Å². The molecule has 0 saturated heterocycles. The van der Waals surface area contributed by atoms with Crippen LogP contribution < -0.4 is 10.1 Å². The van der Waals surface area contributed by atoms with Crippen molar-refractivity contribution in [2.75, 3.05) is 11.9 Å². The van der Waals surface area contributed by atoms with Gasteiger partial charge in [0.1, 0.15) is 11.4 Å². The van der Waals surface area contributed by atoms with Crippen LogP contribution in [0, 0.1) is 11.7 Å². The fraction of sp³-hybridized carbons (Fsp3) is 0.222. The Balaban J connectivity index is 1.74. The molecule has 1 aromatic carbocycles. The summed E-state index contributed by atoms with van der Waals surface area (Å²) in [5.41, 5.74) is 0.997. The van der Waals surface area contributed by atoms with Crippen LogP contribution in [-0.2, 0) is 0 Å². The normalized spacial score (nSPS) is 10.8. The van der Waals surface area contributed by atoms with E-state index in [9.17, 15) is 9.18 Å². The third-order valence-corrected chi connectivity index (χ3v) is 3.95. The average Bonchev–Trinajstić information content (AvgIpc) is 3.09. The van der Waals surface area contributed by atoms with Crippen LogP contribution in [-0.4, -0.2) is 26.9 Å². The monoisotopic (exact) mass is 372 g/mol. The summed E-state index contributed by atoms with van der Waals surface area (Å²) < 4.78 is 22.8.